The molecule has 110 valence electrons. The summed E-state index contributed by atoms with van der Waals surface area (Å²) in [6.45, 7) is 1.67. The van der Waals surface area contributed by atoms with Gasteiger partial charge < -0.3 is 9.88 Å². The highest BCUT2D eigenvalue weighted by molar-refractivity contribution is 5.76. The first-order valence-corrected chi connectivity index (χ1v) is 7.39. The molecule has 4 nitrogen and oxygen atoms in total. The Morgan fingerprint density at radius 2 is 1.91 bits per heavy atom. The van der Waals surface area contributed by atoms with Crippen LogP contribution in [0.15, 0.2) is 48.5 Å². The van der Waals surface area contributed by atoms with Gasteiger partial charge in [0.15, 0.2) is 0 Å². The van der Waals surface area contributed by atoms with Crippen molar-refractivity contribution in [1.82, 2.24) is 14.9 Å². The quantitative estimate of drug-likeness (QED) is 0.786. The Morgan fingerprint density at radius 1 is 1.14 bits per heavy atom. The summed E-state index contributed by atoms with van der Waals surface area (Å²) < 4.78 is 2.26. The van der Waals surface area contributed by atoms with Gasteiger partial charge in [-0.1, -0.05) is 24.3 Å². The molecule has 0 bridgehead atoms. The smallest absolute Gasteiger partial charge is 0.111 e. The molecule has 0 saturated heterocycles. The zero-order valence-corrected chi connectivity index (χ0v) is 12.6. The number of aromatic nitrogens is 2. The van der Waals surface area contributed by atoms with Gasteiger partial charge >= 0.3 is 0 Å². The highest BCUT2D eigenvalue weighted by atomic mass is 15.1. The molecular weight excluding hydrogens is 272 g/mol. The van der Waals surface area contributed by atoms with Gasteiger partial charge in [0.2, 0.25) is 0 Å². The normalized spacial score (nSPS) is 10.7. The van der Waals surface area contributed by atoms with Crippen molar-refractivity contribution in [2.24, 2.45) is 0 Å². The molecule has 0 aliphatic carbocycles. The van der Waals surface area contributed by atoms with E-state index in [1.807, 2.05) is 49.5 Å². The van der Waals surface area contributed by atoms with Crippen LogP contribution in [0.4, 0.5) is 0 Å². The molecule has 0 aliphatic heterocycles. The highest BCUT2D eigenvalue weighted by Crippen LogP contribution is 2.18. The van der Waals surface area contributed by atoms with Gasteiger partial charge in [0, 0.05) is 19.5 Å². The Morgan fingerprint density at radius 3 is 2.64 bits per heavy atom. The van der Waals surface area contributed by atoms with Gasteiger partial charge in [0.1, 0.15) is 5.82 Å². The van der Waals surface area contributed by atoms with Crippen molar-refractivity contribution in [1.29, 1.82) is 5.26 Å². The first kappa shape index (κ1) is 14.3. The maximum atomic E-state index is 8.90. The minimum atomic E-state index is 0.689. The van der Waals surface area contributed by atoms with Crippen molar-refractivity contribution in [3.8, 4) is 6.07 Å². The largest absolute Gasteiger partial charge is 0.323 e. The van der Waals surface area contributed by atoms with Gasteiger partial charge in [-0.3, -0.25) is 0 Å². The van der Waals surface area contributed by atoms with Crippen molar-refractivity contribution in [3.05, 3.63) is 65.5 Å². The fraction of sp³-hybridized carbons (Fsp3) is 0.222. The summed E-state index contributed by atoms with van der Waals surface area (Å²) >= 11 is 0. The van der Waals surface area contributed by atoms with Crippen LogP contribution < -0.4 is 5.32 Å². The van der Waals surface area contributed by atoms with E-state index in [0.29, 0.717) is 5.56 Å². The lowest BCUT2D eigenvalue weighted by Crippen LogP contribution is -2.14. The van der Waals surface area contributed by atoms with E-state index in [1.165, 1.54) is 5.56 Å². The van der Waals surface area contributed by atoms with Crippen LogP contribution in [0.5, 0.6) is 0 Å². The first-order valence-electron chi connectivity index (χ1n) is 7.39. The number of nitrogens with one attached hydrogen (secondary N) is 1. The Balaban J connectivity index is 1.98. The fourth-order valence-corrected chi connectivity index (χ4v) is 2.60. The molecule has 0 atom stereocenters. The van der Waals surface area contributed by atoms with Crippen LogP contribution in [-0.4, -0.2) is 23.1 Å². The van der Waals surface area contributed by atoms with Crippen LogP contribution in [0.25, 0.3) is 11.0 Å². The lowest BCUT2D eigenvalue weighted by atomic mass is 10.1. The van der Waals surface area contributed by atoms with E-state index in [9.17, 15) is 0 Å². The molecule has 3 aromatic rings. The summed E-state index contributed by atoms with van der Waals surface area (Å²) in [5.74, 6) is 1.08. The topological polar surface area (TPSA) is 53.6 Å². The van der Waals surface area contributed by atoms with Crippen LogP contribution >= 0.6 is 0 Å². The summed E-state index contributed by atoms with van der Waals surface area (Å²) in [7, 11) is 1.95. The van der Waals surface area contributed by atoms with Crippen molar-refractivity contribution in [3.63, 3.8) is 0 Å². The predicted molar refractivity (Wildman–Crippen MR) is 87.6 cm³/mol. The van der Waals surface area contributed by atoms with Gasteiger partial charge in [-0.15, -0.1) is 0 Å². The zero-order chi connectivity index (χ0) is 15.4. The molecule has 0 spiro atoms. The number of hydrogen-bond acceptors (Lipinski definition) is 3. The first-order chi connectivity index (χ1) is 10.8. The number of benzene rings is 2. The standard InChI is InChI=1S/C18H18N4/c1-20-11-10-18-21-16-4-2-3-5-17(16)22(18)13-15-8-6-14(12-19)7-9-15/h2-9,20H,10-11,13H2,1H3. The van der Waals surface area contributed by atoms with Gasteiger partial charge in [-0.25, -0.2) is 4.98 Å². The Kier molecular flexibility index (Phi) is 4.17. The third-order valence-corrected chi connectivity index (χ3v) is 3.76. The zero-order valence-electron chi connectivity index (χ0n) is 12.6. The molecule has 2 aromatic carbocycles. The minimum Gasteiger partial charge on any atom is -0.323 e. The second-order valence-electron chi connectivity index (χ2n) is 5.27. The van der Waals surface area contributed by atoms with Gasteiger partial charge in [0.05, 0.1) is 22.7 Å². The van der Waals surface area contributed by atoms with Crippen molar-refractivity contribution in [2.45, 2.75) is 13.0 Å². The lowest BCUT2D eigenvalue weighted by molar-refractivity contribution is 0.696. The summed E-state index contributed by atoms with van der Waals surface area (Å²) in [5, 5.41) is 12.1. The molecule has 0 radical (unpaired) electrons. The summed E-state index contributed by atoms with van der Waals surface area (Å²) in [5.41, 5.74) is 4.04. The number of nitrogens with zero attached hydrogens (tertiary/aromatic N) is 3. The molecule has 0 aliphatic rings. The number of nitriles is 1. The fourth-order valence-electron chi connectivity index (χ4n) is 2.60. The minimum absolute atomic E-state index is 0.689. The second kappa shape index (κ2) is 6.42. The van der Waals surface area contributed by atoms with Crippen LogP contribution in [0.1, 0.15) is 17.0 Å². The SMILES string of the molecule is CNCCc1nc2ccccc2n1Cc1ccc(C#N)cc1. The van der Waals surface area contributed by atoms with Crippen LogP contribution in [0, 0.1) is 11.3 Å². The molecule has 22 heavy (non-hydrogen) atoms. The molecule has 1 N–H and O–H groups in total. The van der Waals surface area contributed by atoms with E-state index in [0.717, 1.165) is 36.4 Å². The summed E-state index contributed by atoms with van der Waals surface area (Å²) in [4.78, 5) is 4.75. The van der Waals surface area contributed by atoms with Crippen LogP contribution in [0.3, 0.4) is 0 Å². The molecule has 4 heteroatoms. The number of para-hydroxylation sites is 2. The van der Waals surface area contributed by atoms with E-state index in [-0.39, 0.29) is 0 Å². The van der Waals surface area contributed by atoms with Crippen molar-refractivity contribution in [2.75, 3.05) is 13.6 Å². The summed E-state index contributed by atoms with van der Waals surface area (Å²) in [6, 6.07) is 18.1. The predicted octanol–water partition coefficient (Wildman–Crippen LogP) is 2.72. The molecule has 0 saturated carbocycles. The number of hydrogen-bond donors (Lipinski definition) is 1. The molecule has 3 rings (SSSR count). The van der Waals surface area contributed by atoms with E-state index in [2.05, 4.69) is 22.0 Å². The molecule has 1 heterocycles. The van der Waals surface area contributed by atoms with E-state index >= 15 is 0 Å². The monoisotopic (exact) mass is 290 g/mol. The number of imidazole rings is 1. The number of fused-ring (bicyclic) bond motifs is 1. The maximum Gasteiger partial charge on any atom is 0.111 e. The van der Waals surface area contributed by atoms with E-state index in [1.54, 1.807) is 0 Å². The van der Waals surface area contributed by atoms with Crippen LogP contribution in [-0.2, 0) is 13.0 Å². The third-order valence-electron chi connectivity index (χ3n) is 3.76. The van der Waals surface area contributed by atoms with Crippen molar-refractivity contribution < 1.29 is 0 Å². The maximum absolute atomic E-state index is 8.90. The Bertz CT molecular complexity index is 809. The Hall–Kier alpha value is -2.64. The van der Waals surface area contributed by atoms with Crippen molar-refractivity contribution >= 4 is 11.0 Å². The average molecular weight is 290 g/mol. The van der Waals surface area contributed by atoms with Gasteiger partial charge in [-0.05, 0) is 36.9 Å². The van der Waals surface area contributed by atoms with Gasteiger partial charge in [-0.2, -0.15) is 5.26 Å². The van der Waals surface area contributed by atoms with E-state index in [4.69, 9.17) is 10.2 Å². The summed E-state index contributed by atoms with van der Waals surface area (Å²) in [6.07, 6.45) is 0.890. The van der Waals surface area contributed by atoms with E-state index < -0.39 is 0 Å². The second-order valence-corrected chi connectivity index (χ2v) is 5.27. The molecule has 0 fully saturated rings. The number of likely N-dealkylation sites (N-methyl/N-ethyl adjacent to an activating group) is 1. The number of rotatable bonds is 5. The lowest BCUT2D eigenvalue weighted by Gasteiger charge is -2.09. The highest BCUT2D eigenvalue weighted by Gasteiger charge is 2.10. The average Bonchev–Trinajstić information content (AvgIpc) is 2.91. The van der Waals surface area contributed by atoms with Crippen LogP contribution in [0.2, 0.25) is 0 Å². The Labute approximate surface area is 130 Å². The van der Waals surface area contributed by atoms with Gasteiger partial charge in [0.25, 0.3) is 0 Å². The molecule has 0 amide bonds. The molecule has 1 aromatic heterocycles. The molecule has 0 unspecified atom stereocenters. The molecular formula is C18H18N4. The third kappa shape index (κ3) is 2.85.